The van der Waals surface area contributed by atoms with Gasteiger partial charge in [-0.2, -0.15) is 0 Å². The van der Waals surface area contributed by atoms with Crippen LogP contribution < -0.4 is 0 Å². The van der Waals surface area contributed by atoms with Gasteiger partial charge in [0.15, 0.2) is 0 Å². The number of rotatable bonds is 7. The largest absolute Gasteiger partial charge is 0.0764 e. The van der Waals surface area contributed by atoms with E-state index in [1.807, 2.05) is 0 Å². The summed E-state index contributed by atoms with van der Waals surface area (Å²) in [6.45, 7) is 25.1. The molecule has 0 saturated heterocycles. The molecule has 2 aliphatic carbocycles. The van der Waals surface area contributed by atoms with E-state index in [1.165, 1.54) is 46.2 Å². The summed E-state index contributed by atoms with van der Waals surface area (Å²) in [6, 6.07) is 9.31. The SMILES string of the molecule is Cc1ccc(C)c2c1C=CC2CCC(C1C=Cc2c(C)ccc(C)c21)C([Si](C)(C)C)[Si](C)(C)C.[Y]. The zero-order chi connectivity index (χ0) is 25.0. The number of hydrogen-bond acceptors (Lipinski definition) is 0. The van der Waals surface area contributed by atoms with Crippen LogP contribution in [0.2, 0.25) is 44.4 Å². The standard InChI is InChI=1S/C32H46Si2.Y/c1-21-11-13-23(3)30-25(15-17-26(21)30)16-18-29(32(33(5,6)7)34(8,9)10)28-20-19-27-22(2)12-14-24(4)31(27)28;/h11-15,17,19-20,25,28-29,32H,16,18H2,1-10H3;. The number of fused-ring (bicyclic) bond motifs is 2. The summed E-state index contributed by atoms with van der Waals surface area (Å²) >= 11 is 0. The summed E-state index contributed by atoms with van der Waals surface area (Å²) in [4.78, 5) is 0. The Hall–Kier alpha value is -0.542. The minimum Gasteiger partial charge on any atom is -0.0764 e. The molecule has 185 valence electrons. The van der Waals surface area contributed by atoms with Gasteiger partial charge in [-0.05, 0) is 96.1 Å². The van der Waals surface area contributed by atoms with E-state index in [2.05, 4.69) is 116 Å². The summed E-state index contributed by atoms with van der Waals surface area (Å²) in [7, 11) is -2.73. The molecule has 0 aromatic heterocycles. The van der Waals surface area contributed by atoms with Gasteiger partial charge in [0.25, 0.3) is 0 Å². The third-order valence-electron chi connectivity index (χ3n) is 8.68. The molecule has 0 bridgehead atoms. The summed E-state index contributed by atoms with van der Waals surface area (Å²) in [6.07, 6.45) is 12.6. The first-order valence-electron chi connectivity index (χ1n) is 13.4. The van der Waals surface area contributed by atoms with Crippen LogP contribution in [0.5, 0.6) is 0 Å². The average Bonchev–Trinajstić information content (AvgIpc) is 3.35. The van der Waals surface area contributed by atoms with Crippen LogP contribution in [0.3, 0.4) is 0 Å². The Morgan fingerprint density at radius 2 is 1.11 bits per heavy atom. The molecule has 2 aliphatic rings. The monoisotopic (exact) mass is 575 g/mol. The molecule has 0 N–H and O–H groups in total. The van der Waals surface area contributed by atoms with Crippen molar-refractivity contribution >= 4 is 28.3 Å². The zero-order valence-electron chi connectivity index (χ0n) is 23.9. The van der Waals surface area contributed by atoms with Gasteiger partial charge in [-0.3, -0.25) is 0 Å². The number of aryl methyl sites for hydroxylation is 4. The molecule has 3 unspecified atom stereocenters. The Kier molecular flexibility index (Phi) is 8.85. The van der Waals surface area contributed by atoms with Crippen LogP contribution in [0.15, 0.2) is 36.4 Å². The molecule has 3 atom stereocenters. The molecule has 0 nitrogen and oxygen atoms in total. The van der Waals surface area contributed by atoms with E-state index in [0.29, 0.717) is 11.8 Å². The van der Waals surface area contributed by atoms with Crippen LogP contribution in [0, 0.1) is 33.6 Å². The smallest absolute Gasteiger partial charge is 0.0450 e. The van der Waals surface area contributed by atoms with E-state index >= 15 is 0 Å². The molecule has 4 rings (SSSR count). The number of hydrogen-bond donors (Lipinski definition) is 0. The third kappa shape index (κ3) is 5.66. The first kappa shape index (κ1) is 29.0. The maximum Gasteiger partial charge on any atom is 0.0450 e. The van der Waals surface area contributed by atoms with E-state index in [-0.39, 0.29) is 32.7 Å². The van der Waals surface area contributed by atoms with E-state index in [1.54, 1.807) is 11.1 Å². The minimum atomic E-state index is -1.36. The van der Waals surface area contributed by atoms with Gasteiger partial charge in [0.2, 0.25) is 0 Å². The topological polar surface area (TPSA) is 0 Å². The van der Waals surface area contributed by atoms with Crippen molar-refractivity contribution in [2.75, 3.05) is 0 Å². The van der Waals surface area contributed by atoms with Crippen LogP contribution in [0.4, 0.5) is 0 Å². The van der Waals surface area contributed by atoms with Gasteiger partial charge in [0.1, 0.15) is 0 Å². The molecule has 3 heteroatoms. The maximum atomic E-state index is 2.64. The Morgan fingerprint density at radius 3 is 1.66 bits per heavy atom. The van der Waals surface area contributed by atoms with Crippen LogP contribution in [-0.4, -0.2) is 16.1 Å². The molecular weight excluding hydrogens is 529 g/mol. The molecule has 0 spiro atoms. The first-order valence-corrected chi connectivity index (χ1v) is 20.5. The van der Waals surface area contributed by atoms with Crippen molar-refractivity contribution < 1.29 is 32.7 Å². The second-order valence-electron chi connectivity index (χ2n) is 13.4. The molecule has 0 saturated carbocycles. The van der Waals surface area contributed by atoms with E-state index in [4.69, 9.17) is 0 Å². The quantitative estimate of drug-likeness (QED) is 0.288. The molecule has 35 heavy (non-hydrogen) atoms. The zero-order valence-corrected chi connectivity index (χ0v) is 28.8. The molecule has 0 aliphatic heterocycles. The summed E-state index contributed by atoms with van der Waals surface area (Å²) in [5.41, 5.74) is 12.1. The van der Waals surface area contributed by atoms with Crippen molar-refractivity contribution in [2.24, 2.45) is 5.92 Å². The van der Waals surface area contributed by atoms with Gasteiger partial charge in [-0.1, -0.05) is 87.9 Å². The number of benzene rings is 2. The second kappa shape index (κ2) is 10.7. The fourth-order valence-electron chi connectivity index (χ4n) is 7.80. The van der Waals surface area contributed by atoms with Gasteiger partial charge >= 0.3 is 0 Å². The predicted molar refractivity (Wildman–Crippen MR) is 159 cm³/mol. The Balaban J connectivity index is 0.00000342. The second-order valence-corrected chi connectivity index (χ2v) is 24.6. The molecular formula is C32H46Si2Y. The fourth-order valence-corrected chi connectivity index (χ4v) is 21.5. The Morgan fingerprint density at radius 1 is 0.657 bits per heavy atom. The fraction of sp³-hybridized carbons (Fsp3) is 0.500. The van der Waals surface area contributed by atoms with Crippen LogP contribution in [0.25, 0.3) is 12.2 Å². The van der Waals surface area contributed by atoms with Gasteiger partial charge in [-0.15, -0.1) is 0 Å². The van der Waals surface area contributed by atoms with Crippen molar-refractivity contribution in [2.45, 2.75) is 96.8 Å². The Bertz CT molecular complexity index is 1130. The normalized spacial score (nSPS) is 19.6. The first-order chi connectivity index (χ1) is 15.8. The van der Waals surface area contributed by atoms with Gasteiger partial charge in [-0.25, -0.2) is 0 Å². The van der Waals surface area contributed by atoms with Crippen molar-refractivity contribution in [3.8, 4) is 0 Å². The van der Waals surface area contributed by atoms with Gasteiger partial charge in [0, 0.05) is 60.7 Å². The summed E-state index contributed by atoms with van der Waals surface area (Å²) in [5, 5.41) is 0.893. The van der Waals surface area contributed by atoms with Crippen molar-refractivity contribution in [3.63, 3.8) is 0 Å². The van der Waals surface area contributed by atoms with E-state index in [0.717, 1.165) is 11.1 Å². The molecule has 2 aromatic carbocycles. The molecule has 1 radical (unpaired) electrons. The van der Waals surface area contributed by atoms with Crippen molar-refractivity contribution in [1.82, 2.24) is 0 Å². The predicted octanol–water partition coefficient (Wildman–Crippen LogP) is 9.82. The molecule has 0 fully saturated rings. The third-order valence-corrected chi connectivity index (χ3v) is 18.5. The summed E-state index contributed by atoms with van der Waals surface area (Å²) in [5.74, 6) is 1.88. The van der Waals surface area contributed by atoms with E-state index < -0.39 is 16.1 Å². The molecule has 2 aromatic rings. The van der Waals surface area contributed by atoms with Crippen LogP contribution >= 0.6 is 0 Å². The average molecular weight is 576 g/mol. The van der Waals surface area contributed by atoms with Crippen LogP contribution in [0.1, 0.15) is 69.2 Å². The minimum absolute atomic E-state index is 0. The van der Waals surface area contributed by atoms with E-state index in [9.17, 15) is 0 Å². The van der Waals surface area contributed by atoms with Crippen molar-refractivity contribution in [1.29, 1.82) is 0 Å². The van der Waals surface area contributed by atoms with Gasteiger partial charge < -0.3 is 0 Å². The van der Waals surface area contributed by atoms with Crippen LogP contribution in [-0.2, 0) is 32.7 Å². The molecule has 0 amide bonds. The van der Waals surface area contributed by atoms with Gasteiger partial charge in [0.05, 0.1) is 0 Å². The maximum absolute atomic E-state index is 2.64. The number of allylic oxidation sites excluding steroid dienone is 2. The summed E-state index contributed by atoms with van der Waals surface area (Å²) < 4.78 is 0. The Labute approximate surface area is 243 Å². The van der Waals surface area contributed by atoms with Crippen molar-refractivity contribution in [3.05, 3.63) is 80.9 Å². The molecule has 0 heterocycles.